The SMILES string of the molecule is [CH2][CH]C(C)CCCC. The summed E-state index contributed by atoms with van der Waals surface area (Å²) in [7, 11) is 0. The van der Waals surface area contributed by atoms with Crippen LogP contribution in [0.2, 0.25) is 0 Å². The molecule has 0 N–H and O–H groups in total. The zero-order chi connectivity index (χ0) is 6.41. The standard InChI is InChI=1S/C8H16/c1-4-6-7-8(3)5-2/h5,8H,2,4,6-7H2,1,3H3. The van der Waals surface area contributed by atoms with Gasteiger partial charge in [0.25, 0.3) is 0 Å². The fourth-order valence-electron chi connectivity index (χ4n) is 0.644. The van der Waals surface area contributed by atoms with Crippen molar-refractivity contribution in [2.24, 2.45) is 5.92 Å². The molecule has 0 aliphatic carbocycles. The summed E-state index contributed by atoms with van der Waals surface area (Å²) in [5.41, 5.74) is 0. The molecule has 0 aromatic heterocycles. The maximum Gasteiger partial charge on any atom is -0.0357 e. The van der Waals surface area contributed by atoms with Gasteiger partial charge in [-0.05, 0) is 19.3 Å². The lowest BCUT2D eigenvalue weighted by molar-refractivity contribution is 0.576. The zero-order valence-corrected chi connectivity index (χ0v) is 5.98. The number of hydrogen-bond acceptors (Lipinski definition) is 0. The lowest BCUT2D eigenvalue weighted by atomic mass is 10.0. The van der Waals surface area contributed by atoms with Gasteiger partial charge >= 0.3 is 0 Å². The van der Waals surface area contributed by atoms with Crippen LogP contribution in [0.5, 0.6) is 0 Å². The molecule has 48 valence electrons. The van der Waals surface area contributed by atoms with Gasteiger partial charge in [-0.15, -0.1) is 0 Å². The van der Waals surface area contributed by atoms with Gasteiger partial charge in [0.1, 0.15) is 0 Å². The molecule has 0 spiro atoms. The summed E-state index contributed by atoms with van der Waals surface area (Å²) in [6.07, 6.45) is 5.97. The first kappa shape index (κ1) is 8.00. The molecule has 8 heavy (non-hydrogen) atoms. The van der Waals surface area contributed by atoms with Crippen LogP contribution >= 0.6 is 0 Å². The van der Waals surface area contributed by atoms with Crippen LogP contribution in [-0.4, -0.2) is 0 Å². The summed E-state index contributed by atoms with van der Waals surface area (Å²) in [6.45, 7) is 8.14. The molecule has 2 radical (unpaired) electrons. The molecule has 0 fully saturated rings. The first-order valence-corrected chi connectivity index (χ1v) is 3.43. The molecule has 0 nitrogen and oxygen atoms in total. The second-order valence-electron chi connectivity index (χ2n) is 2.36. The Hall–Kier alpha value is 0. The smallest absolute Gasteiger partial charge is 0.0357 e. The van der Waals surface area contributed by atoms with Gasteiger partial charge in [-0.1, -0.05) is 33.1 Å². The molecule has 0 aliphatic rings. The average molecular weight is 112 g/mol. The zero-order valence-electron chi connectivity index (χ0n) is 5.98. The first-order chi connectivity index (χ1) is 3.81. The molecule has 0 aromatic rings. The van der Waals surface area contributed by atoms with Gasteiger partial charge in [0, 0.05) is 0 Å². The Kier molecular flexibility index (Phi) is 5.14. The van der Waals surface area contributed by atoms with Crippen molar-refractivity contribution in [1.29, 1.82) is 0 Å². The van der Waals surface area contributed by atoms with Gasteiger partial charge < -0.3 is 0 Å². The molecule has 1 unspecified atom stereocenters. The lowest BCUT2D eigenvalue weighted by Crippen LogP contribution is -1.91. The van der Waals surface area contributed by atoms with Crippen molar-refractivity contribution < 1.29 is 0 Å². The highest BCUT2D eigenvalue weighted by Gasteiger charge is 1.95. The second kappa shape index (κ2) is 5.14. The van der Waals surface area contributed by atoms with Crippen LogP contribution < -0.4 is 0 Å². The Bertz CT molecular complexity index is 39.3. The predicted octanol–water partition coefficient (Wildman–Crippen LogP) is 2.85. The summed E-state index contributed by atoms with van der Waals surface area (Å²) in [5.74, 6) is 0.718. The van der Waals surface area contributed by atoms with Gasteiger partial charge in [-0.25, -0.2) is 0 Å². The van der Waals surface area contributed by atoms with E-state index >= 15 is 0 Å². The summed E-state index contributed by atoms with van der Waals surface area (Å²) in [6, 6.07) is 0. The highest BCUT2D eigenvalue weighted by Crippen LogP contribution is 2.08. The Morgan fingerprint density at radius 2 is 2.25 bits per heavy atom. The van der Waals surface area contributed by atoms with Crippen molar-refractivity contribution in [3.8, 4) is 0 Å². The molecule has 0 bridgehead atoms. The van der Waals surface area contributed by atoms with E-state index in [1.807, 2.05) is 6.42 Å². The van der Waals surface area contributed by atoms with Gasteiger partial charge in [0.15, 0.2) is 0 Å². The summed E-state index contributed by atoms with van der Waals surface area (Å²) in [5, 5.41) is 0. The van der Waals surface area contributed by atoms with Crippen LogP contribution in [-0.2, 0) is 0 Å². The normalized spacial score (nSPS) is 13.9. The van der Waals surface area contributed by atoms with Gasteiger partial charge in [0.2, 0.25) is 0 Å². The molecule has 0 heteroatoms. The number of hydrogen-bond donors (Lipinski definition) is 0. The maximum absolute atomic E-state index is 3.71. The van der Waals surface area contributed by atoms with E-state index in [1.54, 1.807) is 0 Å². The van der Waals surface area contributed by atoms with E-state index in [2.05, 4.69) is 20.8 Å². The molecule has 0 heterocycles. The molecule has 0 saturated carbocycles. The average Bonchev–Trinajstić information content (AvgIpc) is 1.83. The van der Waals surface area contributed by atoms with E-state index in [0.717, 1.165) is 5.92 Å². The van der Waals surface area contributed by atoms with Crippen LogP contribution in [0.15, 0.2) is 0 Å². The van der Waals surface area contributed by atoms with Crippen LogP contribution in [0.3, 0.4) is 0 Å². The third kappa shape index (κ3) is 4.17. The van der Waals surface area contributed by atoms with Crippen LogP contribution in [0.4, 0.5) is 0 Å². The topological polar surface area (TPSA) is 0 Å². The predicted molar refractivity (Wildman–Crippen MR) is 38.3 cm³/mol. The molecule has 0 aromatic carbocycles. The first-order valence-electron chi connectivity index (χ1n) is 3.43. The van der Waals surface area contributed by atoms with Crippen molar-refractivity contribution in [2.45, 2.75) is 33.1 Å². The molecular formula is C8H16. The third-order valence-corrected chi connectivity index (χ3v) is 1.42. The molecule has 0 aliphatic heterocycles. The van der Waals surface area contributed by atoms with E-state index in [9.17, 15) is 0 Å². The molecular weight excluding hydrogens is 96.1 g/mol. The Morgan fingerprint density at radius 1 is 1.62 bits per heavy atom. The minimum absolute atomic E-state index is 0.718. The highest BCUT2D eigenvalue weighted by molar-refractivity contribution is 4.73. The Morgan fingerprint density at radius 3 is 2.62 bits per heavy atom. The van der Waals surface area contributed by atoms with Crippen molar-refractivity contribution in [3.63, 3.8) is 0 Å². The number of rotatable bonds is 4. The van der Waals surface area contributed by atoms with E-state index in [1.165, 1.54) is 19.3 Å². The van der Waals surface area contributed by atoms with E-state index < -0.39 is 0 Å². The van der Waals surface area contributed by atoms with Crippen molar-refractivity contribution in [2.75, 3.05) is 0 Å². The van der Waals surface area contributed by atoms with Crippen molar-refractivity contribution >= 4 is 0 Å². The minimum atomic E-state index is 0.718. The van der Waals surface area contributed by atoms with Gasteiger partial charge in [-0.2, -0.15) is 0 Å². The van der Waals surface area contributed by atoms with Crippen LogP contribution in [0.25, 0.3) is 0 Å². The highest BCUT2D eigenvalue weighted by atomic mass is 14.0. The minimum Gasteiger partial charge on any atom is -0.0654 e. The van der Waals surface area contributed by atoms with E-state index in [-0.39, 0.29) is 0 Å². The quantitative estimate of drug-likeness (QED) is 0.524. The fraction of sp³-hybridized carbons (Fsp3) is 0.750. The third-order valence-electron chi connectivity index (χ3n) is 1.42. The molecule has 1 atom stereocenters. The summed E-state index contributed by atoms with van der Waals surface area (Å²) < 4.78 is 0. The monoisotopic (exact) mass is 112 g/mol. The van der Waals surface area contributed by atoms with Gasteiger partial charge in [-0.3, -0.25) is 0 Å². The molecule has 0 amide bonds. The second-order valence-corrected chi connectivity index (χ2v) is 2.36. The van der Waals surface area contributed by atoms with Crippen molar-refractivity contribution in [3.05, 3.63) is 13.3 Å². The Balaban J connectivity index is 2.86. The van der Waals surface area contributed by atoms with Gasteiger partial charge in [0.05, 0.1) is 0 Å². The van der Waals surface area contributed by atoms with Crippen LogP contribution in [0, 0.1) is 19.3 Å². The van der Waals surface area contributed by atoms with E-state index in [4.69, 9.17) is 0 Å². The maximum atomic E-state index is 3.71. The fourth-order valence-corrected chi connectivity index (χ4v) is 0.644. The van der Waals surface area contributed by atoms with Crippen LogP contribution in [0.1, 0.15) is 33.1 Å². The summed E-state index contributed by atoms with van der Waals surface area (Å²) in [4.78, 5) is 0. The lowest BCUT2D eigenvalue weighted by Gasteiger charge is -2.04. The van der Waals surface area contributed by atoms with Crippen molar-refractivity contribution in [1.82, 2.24) is 0 Å². The number of unbranched alkanes of at least 4 members (excludes halogenated alkanes) is 1. The largest absolute Gasteiger partial charge is 0.0654 e. The summed E-state index contributed by atoms with van der Waals surface area (Å²) >= 11 is 0. The molecule has 0 saturated heterocycles. The molecule has 0 rings (SSSR count). The Labute approximate surface area is 53.3 Å². The van der Waals surface area contributed by atoms with E-state index in [0.29, 0.717) is 0 Å².